The standard InChI is InChI=1S/C26H36N4O4/c1-4-18(13-24(31)32)19-9-10-22(30-11-5-6-23(30)26(2,3)33)21(12-19)29-20-14-27-25(28-15-20)34-16-17-7-8-17/h9-10,12,14-15,17-18,23,29,33H,4-8,11,13,16H2,1-3H3,(H,31,32)/t18-,23?/m1/s1. The van der Waals surface area contributed by atoms with E-state index in [0.29, 0.717) is 18.5 Å². The van der Waals surface area contributed by atoms with Crippen molar-refractivity contribution in [1.29, 1.82) is 0 Å². The number of rotatable bonds is 11. The zero-order valence-electron chi connectivity index (χ0n) is 20.3. The molecule has 34 heavy (non-hydrogen) atoms. The number of aliphatic hydroxyl groups is 1. The van der Waals surface area contributed by atoms with Crippen molar-refractivity contribution in [3.05, 3.63) is 36.2 Å². The Morgan fingerprint density at radius 1 is 1.26 bits per heavy atom. The molecule has 4 rings (SSSR count). The van der Waals surface area contributed by atoms with Crippen molar-refractivity contribution >= 4 is 23.0 Å². The molecule has 1 saturated carbocycles. The number of aliphatic carboxylic acids is 1. The van der Waals surface area contributed by atoms with Crippen LogP contribution in [-0.2, 0) is 4.79 Å². The molecule has 2 heterocycles. The molecule has 3 N–H and O–H groups in total. The highest BCUT2D eigenvalue weighted by Gasteiger charge is 2.37. The molecule has 0 amide bonds. The summed E-state index contributed by atoms with van der Waals surface area (Å²) in [6, 6.07) is 6.46. The molecule has 2 atom stereocenters. The van der Waals surface area contributed by atoms with Gasteiger partial charge in [-0.2, -0.15) is 0 Å². The van der Waals surface area contributed by atoms with Gasteiger partial charge in [0.2, 0.25) is 0 Å². The van der Waals surface area contributed by atoms with Crippen LogP contribution in [0.1, 0.15) is 70.8 Å². The van der Waals surface area contributed by atoms with Crippen molar-refractivity contribution in [2.75, 3.05) is 23.4 Å². The largest absolute Gasteiger partial charge is 0.481 e. The van der Waals surface area contributed by atoms with Crippen LogP contribution in [0.2, 0.25) is 0 Å². The van der Waals surface area contributed by atoms with Crippen molar-refractivity contribution in [2.45, 2.75) is 76.9 Å². The summed E-state index contributed by atoms with van der Waals surface area (Å²) >= 11 is 0. The Morgan fingerprint density at radius 3 is 2.62 bits per heavy atom. The van der Waals surface area contributed by atoms with Crippen LogP contribution in [-0.4, -0.2) is 50.9 Å². The molecule has 0 radical (unpaired) electrons. The van der Waals surface area contributed by atoms with Gasteiger partial charge in [0.25, 0.3) is 0 Å². The Balaban J connectivity index is 1.62. The van der Waals surface area contributed by atoms with Gasteiger partial charge in [-0.1, -0.05) is 13.0 Å². The van der Waals surface area contributed by atoms with E-state index in [1.165, 1.54) is 12.8 Å². The van der Waals surface area contributed by atoms with Crippen LogP contribution in [0.5, 0.6) is 6.01 Å². The number of carboxylic acid groups (broad SMARTS) is 1. The Morgan fingerprint density at radius 2 is 2.00 bits per heavy atom. The van der Waals surface area contributed by atoms with E-state index in [4.69, 9.17) is 4.74 Å². The molecule has 2 aliphatic rings. The molecule has 2 fully saturated rings. The zero-order valence-corrected chi connectivity index (χ0v) is 20.3. The minimum absolute atomic E-state index is 0.00524. The quantitative estimate of drug-likeness (QED) is 0.435. The van der Waals surface area contributed by atoms with E-state index < -0.39 is 11.6 Å². The topological polar surface area (TPSA) is 108 Å². The molecule has 1 aromatic carbocycles. The molecule has 184 valence electrons. The number of nitrogens with one attached hydrogen (secondary N) is 1. The molecule has 2 aromatic rings. The Labute approximate surface area is 201 Å². The van der Waals surface area contributed by atoms with E-state index in [0.717, 1.165) is 48.4 Å². The number of benzene rings is 1. The summed E-state index contributed by atoms with van der Waals surface area (Å²) in [4.78, 5) is 22.3. The van der Waals surface area contributed by atoms with Crippen LogP contribution in [0.4, 0.5) is 17.1 Å². The van der Waals surface area contributed by atoms with E-state index in [-0.39, 0.29) is 18.4 Å². The van der Waals surface area contributed by atoms with Crippen LogP contribution in [0.15, 0.2) is 30.6 Å². The number of hydrogen-bond acceptors (Lipinski definition) is 7. The Kier molecular flexibility index (Phi) is 7.26. The van der Waals surface area contributed by atoms with Crippen LogP contribution >= 0.6 is 0 Å². The number of ether oxygens (including phenoxy) is 1. The number of carboxylic acids is 1. The monoisotopic (exact) mass is 468 g/mol. The fourth-order valence-electron chi connectivity index (χ4n) is 4.74. The summed E-state index contributed by atoms with van der Waals surface area (Å²) in [6.45, 7) is 7.22. The molecule has 1 unspecified atom stereocenters. The zero-order chi connectivity index (χ0) is 24.3. The van der Waals surface area contributed by atoms with Crippen molar-refractivity contribution < 1.29 is 19.7 Å². The van der Waals surface area contributed by atoms with Gasteiger partial charge in [-0.15, -0.1) is 0 Å². The maximum atomic E-state index is 11.4. The first-order valence-electron chi connectivity index (χ1n) is 12.3. The predicted molar refractivity (Wildman–Crippen MR) is 132 cm³/mol. The predicted octanol–water partition coefficient (Wildman–Crippen LogP) is 4.72. The number of aromatic nitrogens is 2. The van der Waals surface area contributed by atoms with Crippen molar-refractivity contribution in [2.24, 2.45) is 5.92 Å². The third kappa shape index (κ3) is 5.97. The molecule has 1 aliphatic carbocycles. The smallest absolute Gasteiger partial charge is 0.316 e. The maximum absolute atomic E-state index is 11.4. The van der Waals surface area contributed by atoms with E-state index >= 15 is 0 Å². The van der Waals surface area contributed by atoms with Crippen LogP contribution in [0.3, 0.4) is 0 Å². The van der Waals surface area contributed by atoms with Crippen LogP contribution in [0.25, 0.3) is 0 Å². The van der Waals surface area contributed by atoms with Crippen LogP contribution in [0, 0.1) is 5.92 Å². The van der Waals surface area contributed by atoms with Gasteiger partial charge in [0.05, 0.1) is 54.1 Å². The first-order chi connectivity index (χ1) is 16.2. The van der Waals surface area contributed by atoms with Gasteiger partial charge >= 0.3 is 12.0 Å². The molecule has 0 spiro atoms. The first kappa shape index (κ1) is 24.3. The molecule has 1 aliphatic heterocycles. The van der Waals surface area contributed by atoms with Crippen LogP contribution < -0.4 is 15.0 Å². The third-order valence-electron chi connectivity index (χ3n) is 6.84. The average Bonchev–Trinajstić information content (AvgIpc) is 3.49. The summed E-state index contributed by atoms with van der Waals surface area (Å²) in [5.41, 5.74) is 2.69. The number of carbonyl (C=O) groups is 1. The van der Waals surface area contributed by atoms with E-state index in [9.17, 15) is 15.0 Å². The lowest BCUT2D eigenvalue weighted by atomic mass is 9.92. The first-order valence-corrected chi connectivity index (χ1v) is 12.3. The summed E-state index contributed by atoms with van der Waals surface area (Å²) in [5.74, 6) is -0.249. The molecule has 1 saturated heterocycles. The summed E-state index contributed by atoms with van der Waals surface area (Å²) in [5, 5.41) is 23.6. The molecule has 0 bridgehead atoms. The molecule has 8 heteroatoms. The van der Waals surface area contributed by atoms with Gasteiger partial charge in [-0.3, -0.25) is 4.79 Å². The highest BCUT2D eigenvalue weighted by atomic mass is 16.5. The van der Waals surface area contributed by atoms with Gasteiger partial charge in [-0.25, -0.2) is 9.97 Å². The van der Waals surface area contributed by atoms with Gasteiger partial charge in [0.15, 0.2) is 0 Å². The minimum Gasteiger partial charge on any atom is -0.481 e. The minimum atomic E-state index is -0.842. The highest BCUT2D eigenvalue weighted by Crippen LogP contribution is 2.39. The number of nitrogens with zero attached hydrogens (tertiary/aromatic N) is 3. The van der Waals surface area contributed by atoms with Gasteiger partial charge in [-0.05, 0) is 75.5 Å². The lowest BCUT2D eigenvalue weighted by Gasteiger charge is -2.36. The van der Waals surface area contributed by atoms with Gasteiger partial charge < -0.3 is 25.2 Å². The third-order valence-corrected chi connectivity index (χ3v) is 6.84. The van der Waals surface area contributed by atoms with Crippen molar-refractivity contribution in [1.82, 2.24) is 9.97 Å². The molecular weight excluding hydrogens is 432 g/mol. The van der Waals surface area contributed by atoms with Crippen molar-refractivity contribution in [3.8, 4) is 6.01 Å². The van der Waals surface area contributed by atoms with E-state index in [1.54, 1.807) is 12.4 Å². The summed E-state index contributed by atoms with van der Waals surface area (Å²) < 4.78 is 5.65. The summed E-state index contributed by atoms with van der Waals surface area (Å²) in [7, 11) is 0. The molecule has 8 nitrogen and oxygen atoms in total. The lowest BCUT2D eigenvalue weighted by molar-refractivity contribution is -0.137. The number of hydrogen-bond donors (Lipinski definition) is 3. The Hall–Kier alpha value is -2.87. The number of anilines is 3. The normalized spacial score (nSPS) is 19.2. The SMILES string of the molecule is CC[C@H](CC(=O)O)c1ccc(N2CCCC2C(C)(C)O)c(Nc2cnc(OCC3CC3)nc2)c1. The van der Waals surface area contributed by atoms with Gasteiger partial charge in [0, 0.05) is 6.54 Å². The highest BCUT2D eigenvalue weighted by molar-refractivity contribution is 5.77. The maximum Gasteiger partial charge on any atom is 0.316 e. The van der Waals surface area contributed by atoms with Gasteiger partial charge in [0.1, 0.15) is 0 Å². The lowest BCUT2D eigenvalue weighted by Crippen LogP contribution is -2.46. The summed E-state index contributed by atoms with van der Waals surface area (Å²) in [6.07, 6.45) is 8.57. The average molecular weight is 469 g/mol. The van der Waals surface area contributed by atoms with E-state index in [2.05, 4.69) is 20.2 Å². The van der Waals surface area contributed by atoms with E-state index in [1.807, 2.05) is 39.0 Å². The Bertz CT molecular complexity index is 985. The fourth-order valence-corrected chi connectivity index (χ4v) is 4.74. The second kappa shape index (κ2) is 10.2. The second-order valence-corrected chi connectivity index (χ2v) is 10.1. The molecular formula is C26H36N4O4. The second-order valence-electron chi connectivity index (χ2n) is 10.1. The fraction of sp³-hybridized carbons (Fsp3) is 0.577. The van der Waals surface area contributed by atoms with Crippen molar-refractivity contribution in [3.63, 3.8) is 0 Å². The molecule has 1 aromatic heterocycles.